The summed E-state index contributed by atoms with van der Waals surface area (Å²) in [6.07, 6.45) is 3.38. The second-order valence-corrected chi connectivity index (χ2v) is 6.51. The zero-order valence-corrected chi connectivity index (χ0v) is 12.4. The highest BCUT2D eigenvalue weighted by molar-refractivity contribution is 7.99. The van der Waals surface area contributed by atoms with Crippen LogP contribution in [-0.2, 0) is 0 Å². The van der Waals surface area contributed by atoms with Gasteiger partial charge in [0.25, 0.3) is 5.91 Å². The highest BCUT2D eigenvalue weighted by atomic mass is 35.5. The summed E-state index contributed by atoms with van der Waals surface area (Å²) in [6.45, 7) is 2.14. The van der Waals surface area contributed by atoms with Gasteiger partial charge in [-0.1, -0.05) is 24.9 Å². The Morgan fingerprint density at radius 2 is 2.37 bits per heavy atom. The van der Waals surface area contributed by atoms with Gasteiger partial charge in [0.2, 0.25) is 0 Å². The Bertz CT molecular complexity index is 449. The zero-order valence-electron chi connectivity index (χ0n) is 10.9. The number of rotatable bonds is 4. The van der Waals surface area contributed by atoms with Gasteiger partial charge in [-0.3, -0.25) is 4.79 Å². The van der Waals surface area contributed by atoms with Crippen LogP contribution in [0.5, 0.6) is 0 Å². The van der Waals surface area contributed by atoms with E-state index in [9.17, 15) is 4.79 Å². The van der Waals surface area contributed by atoms with Crippen molar-refractivity contribution in [3.8, 4) is 0 Å². The minimum absolute atomic E-state index is 0.121. The molecular weight excluding hydrogens is 282 g/mol. The van der Waals surface area contributed by atoms with Gasteiger partial charge < -0.3 is 11.1 Å². The Labute approximate surface area is 122 Å². The highest BCUT2D eigenvalue weighted by Gasteiger charge is 2.28. The third kappa shape index (κ3) is 3.76. The molecule has 1 heterocycles. The van der Waals surface area contributed by atoms with E-state index in [0.29, 0.717) is 10.8 Å². The Kier molecular flexibility index (Phi) is 4.93. The number of halogens is 1. The first-order chi connectivity index (χ1) is 9.10. The van der Waals surface area contributed by atoms with Crippen LogP contribution in [0, 0.1) is 0 Å². The molecule has 0 bridgehead atoms. The van der Waals surface area contributed by atoms with Crippen molar-refractivity contribution in [1.82, 2.24) is 10.3 Å². The summed E-state index contributed by atoms with van der Waals surface area (Å²) in [5.41, 5.74) is 6.08. The van der Waals surface area contributed by atoms with Gasteiger partial charge in [-0.2, -0.15) is 11.8 Å². The van der Waals surface area contributed by atoms with Crippen LogP contribution < -0.4 is 11.1 Å². The summed E-state index contributed by atoms with van der Waals surface area (Å²) in [5, 5.41) is 3.85. The number of anilines is 1. The van der Waals surface area contributed by atoms with Gasteiger partial charge in [0.05, 0.1) is 0 Å². The SMILES string of the molecule is CCSC1CCCC1NC(=O)c1cc(N)nc(Cl)c1. The number of nitrogens with zero attached hydrogens (tertiary/aromatic N) is 1. The maximum atomic E-state index is 12.2. The first-order valence-electron chi connectivity index (χ1n) is 6.45. The van der Waals surface area contributed by atoms with Crippen LogP contribution in [0.2, 0.25) is 5.15 Å². The molecule has 0 aliphatic heterocycles. The van der Waals surface area contributed by atoms with Crippen LogP contribution in [-0.4, -0.2) is 27.9 Å². The lowest BCUT2D eigenvalue weighted by Crippen LogP contribution is -2.38. The summed E-state index contributed by atoms with van der Waals surface area (Å²) in [4.78, 5) is 16.0. The molecule has 1 saturated carbocycles. The van der Waals surface area contributed by atoms with Crippen LogP contribution >= 0.6 is 23.4 Å². The predicted octanol–water partition coefficient (Wildman–Crippen LogP) is 2.72. The number of hydrogen-bond acceptors (Lipinski definition) is 4. The Morgan fingerprint density at radius 1 is 1.58 bits per heavy atom. The molecule has 4 nitrogen and oxygen atoms in total. The molecule has 1 fully saturated rings. The first kappa shape index (κ1) is 14.5. The molecule has 1 aromatic heterocycles. The van der Waals surface area contributed by atoms with Crippen LogP contribution in [0.15, 0.2) is 12.1 Å². The molecule has 1 aliphatic carbocycles. The number of thioether (sulfide) groups is 1. The van der Waals surface area contributed by atoms with Gasteiger partial charge in [0.15, 0.2) is 0 Å². The van der Waals surface area contributed by atoms with Crippen molar-refractivity contribution >= 4 is 35.1 Å². The van der Waals surface area contributed by atoms with Crippen LogP contribution in [0.3, 0.4) is 0 Å². The topological polar surface area (TPSA) is 68.0 Å². The molecule has 3 N–H and O–H groups in total. The molecule has 1 aromatic rings. The quantitative estimate of drug-likeness (QED) is 0.839. The molecule has 1 amide bonds. The number of nitrogens with two attached hydrogens (primary N) is 1. The third-order valence-corrected chi connectivity index (χ3v) is 4.75. The van der Waals surface area contributed by atoms with E-state index in [1.54, 1.807) is 12.1 Å². The minimum Gasteiger partial charge on any atom is -0.384 e. The van der Waals surface area contributed by atoms with E-state index in [-0.39, 0.29) is 22.9 Å². The standard InChI is InChI=1S/C13H18ClN3OS/c1-2-19-10-5-3-4-9(10)16-13(18)8-6-11(14)17-12(15)7-8/h6-7,9-10H,2-5H2,1H3,(H2,15,17)(H,16,18). The van der Waals surface area contributed by atoms with Crippen LogP contribution in [0.25, 0.3) is 0 Å². The Morgan fingerprint density at radius 3 is 3.05 bits per heavy atom. The number of pyridine rings is 1. The molecule has 104 valence electrons. The fraction of sp³-hybridized carbons (Fsp3) is 0.538. The van der Waals surface area contributed by atoms with Crippen molar-refractivity contribution in [2.24, 2.45) is 0 Å². The first-order valence-corrected chi connectivity index (χ1v) is 7.88. The van der Waals surface area contributed by atoms with Crippen molar-refractivity contribution in [1.29, 1.82) is 0 Å². The molecule has 2 rings (SSSR count). The fourth-order valence-corrected chi connectivity index (χ4v) is 3.82. The van der Waals surface area contributed by atoms with Gasteiger partial charge in [-0.15, -0.1) is 0 Å². The lowest BCUT2D eigenvalue weighted by molar-refractivity contribution is 0.0938. The predicted molar refractivity (Wildman–Crippen MR) is 80.7 cm³/mol. The Hall–Kier alpha value is -0.940. The zero-order chi connectivity index (χ0) is 13.8. The van der Waals surface area contributed by atoms with Gasteiger partial charge in [0.1, 0.15) is 11.0 Å². The number of aromatic nitrogens is 1. The highest BCUT2D eigenvalue weighted by Crippen LogP contribution is 2.30. The second-order valence-electron chi connectivity index (χ2n) is 4.61. The molecule has 0 saturated heterocycles. The van der Waals surface area contributed by atoms with E-state index >= 15 is 0 Å². The number of carbonyl (C=O) groups excluding carboxylic acids is 1. The lowest BCUT2D eigenvalue weighted by Gasteiger charge is -2.20. The van der Waals surface area contributed by atoms with E-state index in [0.717, 1.165) is 12.2 Å². The van der Waals surface area contributed by atoms with Crippen molar-refractivity contribution in [2.75, 3.05) is 11.5 Å². The molecule has 1 aliphatic rings. The third-order valence-electron chi connectivity index (χ3n) is 3.23. The largest absolute Gasteiger partial charge is 0.384 e. The van der Waals surface area contributed by atoms with Gasteiger partial charge >= 0.3 is 0 Å². The summed E-state index contributed by atoms with van der Waals surface area (Å²) in [6, 6.07) is 3.34. The van der Waals surface area contributed by atoms with E-state index in [1.807, 2.05) is 11.8 Å². The lowest BCUT2D eigenvalue weighted by atomic mass is 10.2. The van der Waals surface area contributed by atoms with Gasteiger partial charge in [-0.25, -0.2) is 4.98 Å². The summed E-state index contributed by atoms with van der Waals surface area (Å²) < 4.78 is 0. The van der Waals surface area contributed by atoms with Gasteiger partial charge in [0, 0.05) is 16.9 Å². The molecule has 0 spiro atoms. The maximum Gasteiger partial charge on any atom is 0.251 e. The summed E-state index contributed by atoms with van der Waals surface area (Å²) in [5.74, 6) is 1.22. The molecule has 6 heteroatoms. The van der Waals surface area contributed by atoms with Crippen molar-refractivity contribution in [2.45, 2.75) is 37.5 Å². The van der Waals surface area contributed by atoms with E-state index in [2.05, 4.69) is 17.2 Å². The van der Waals surface area contributed by atoms with Gasteiger partial charge in [-0.05, 0) is 30.7 Å². The second kappa shape index (κ2) is 6.48. The molecule has 2 unspecified atom stereocenters. The average molecular weight is 300 g/mol. The number of nitrogens with one attached hydrogen (secondary N) is 1. The number of hydrogen-bond donors (Lipinski definition) is 2. The molecule has 19 heavy (non-hydrogen) atoms. The minimum atomic E-state index is -0.121. The monoisotopic (exact) mass is 299 g/mol. The molecule has 0 aromatic carbocycles. The number of amides is 1. The van der Waals surface area contributed by atoms with E-state index < -0.39 is 0 Å². The van der Waals surface area contributed by atoms with Crippen LogP contribution in [0.4, 0.5) is 5.82 Å². The molecular formula is C13H18ClN3OS. The van der Waals surface area contributed by atoms with Crippen LogP contribution in [0.1, 0.15) is 36.5 Å². The molecule has 2 atom stereocenters. The molecule has 0 radical (unpaired) electrons. The maximum absolute atomic E-state index is 12.2. The van der Waals surface area contributed by atoms with E-state index in [1.165, 1.54) is 12.8 Å². The van der Waals surface area contributed by atoms with Crippen molar-refractivity contribution in [3.05, 3.63) is 22.8 Å². The smallest absolute Gasteiger partial charge is 0.251 e. The van der Waals surface area contributed by atoms with Crippen molar-refractivity contribution in [3.63, 3.8) is 0 Å². The normalized spacial score (nSPS) is 22.4. The average Bonchev–Trinajstić information content (AvgIpc) is 2.76. The van der Waals surface area contributed by atoms with Crippen molar-refractivity contribution < 1.29 is 4.79 Å². The number of carbonyl (C=O) groups is 1. The summed E-state index contributed by atoms with van der Waals surface area (Å²) in [7, 11) is 0. The fourth-order valence-electron chi connectivity index (χ4n) is 2.40. The number of nitrogen functional groups attached to an aromatic ring is 1. The van der Waals surface area contributed by atoms with E-state index in [4.69, 9.17) is 17.3 Å². The summed E-state index contributed by atoms with van der Waals surface area (Å²) >= 11 is 7.73. The Balaban J connectivity index is 2.04.